The molecule has 1 atom stereocenters. The molecule has 0 radical (unpaired) electrons. The van der Waals surface area contributed by atoms with Crippen molar-refractivity contribution in [2.75, 3.05) is 6.61 Å². The highest BCUT2D eigenvalue weighted by molar-refractivity contribution is 9.10. The maximum Gasteiger partial charge on any atom is 0.258 e. The molecule has 0 fully saturated rings. The third-order valence-corrected chi connectivity index (χ3v) is 3.66. The van der Waals surface area contributed by atoms with E-state index in [2.05, 4.69) is 21.2 Å². The predicted molar refractivity (Wildman–Crippen MR) is 87.6 cm³/mol. The van der Waals surface area contributed by atoms with Gasteiger partial charge in [0.2, 0.25) is 0 Å². The quantitative estimate of drug-likeness (QED) is 0.851. The van der Waals surface area contributed by atoms with Crippen LogP contribution in [0, 0.1) is 0 Å². The first-order valence-electron chi connectivity index (χ1n) is 6.48. The van der Waals surface area contributed by atoms with Gasteiger partial charge in [-0.3, -0.25) is 4.79 Å². The van der Waals surface area contributed by atoms with Crippen molar-refractivity contribution in [1.29, 1.82) is 0 Å². The molecule has 2 aromatic carbocycles. The Morgan fingerprint density at radius 3 is 2.67 bits per heavy atom. The molecule has 0 spiro atoms. The van der Waals surface area contributed by atoms with Crippen LogP contribution in [0.3, 0.4) is 0 Å². The molecule has 5 heteroatoms. The number of benzene rings is 2. The standard InChI is InChI=1S/C16H15BrClNO2/c1-11(12-5-7-14(18)8-6-12)19-16(20)10-21-15-4-2-3-13(17)9-15/h2-9,11H,10H2,1H3,(H,19,20). The number of halogens is 2. The topological polar surface area (TPSA) is 38.3 Å². The van der Waals surface area contributed by atoms with Gasteiger partial charge in [0.15, 0.2) is 6.61 Å². The van der Waals surface area contributed by atoms with E-state index in [0.717, 1.165) is 10.0 Å². The SMILES string of the molecule is CC(NC(=O)COc1cccc(Br)c1)c1ccc(Cl)cc1. The molecule has 0 saturated carbocycles. The lowest BCUT2D eigenvalue weighted by atomic mass is 10.1. The maximum absolute atomic E-state index is 11.9. The van der Waals surface area contributed by atoms with Crippen LogP contribution in [0.4, 0.5) is 0 Å². The molecule has 0 aliphatic carbocycles. The van der Waals surface area contributed by atoms with E-state index in [1.54, 1.807) is 18.2 Å². The fraction of sp³-hybridized carbons (Fsp3) is 0.188. The Labute approximate surface area is 137 Å². The van der Waals surface area contributed by atoms with Crippen molar-refractivity contribution in [3.05, 3.63) is 63.6 Å². The summed E-state index contributed by atoms with van der Waals surface area (Å²) in [7, 11) is 0. The Hall–Kier alpha value is -1.52. The molecule has 1 N–H and O–H groups in total. The van der Waals surface area contributed by atoms with Gasteiger partial charge in [0.05, 0.1) is 6.04 Å². The number of amides is 1. The molecule has 1 amide bonds. The number of carbonyl (C=O) groups excluding carboxylic acids is 1. The molecule has 0 saturated heterocycles. The van der Waals surface area contributed by atoms with Gasteiger partial charge in [0.1, 0.15) is 5.75 Å². The minimum Gasteiger partial charge on any atom is -0.484 e. The summed E-state index contributed by atoms with van der Waals surface area (Å²) in [6.45, 7) is 1.90. The molecular formula is C16H15BrClNO2. The summed E-state index contributed by atoms with van der Waals surface area (Å²) in [5, 5.41) is 3.56. The average Bonchev–Trinajstić information content (AvgIpc) is 2.46. The molecule has 0 aliphatic rings. The lowest BCUT2D eigenvalue weighted by Crippen LogP contribution is -2.31. The van der Waals surface area contributed by atoms with Gasteiger partial charge in [0.25, 0.3) is 5.91 Å². The summed E-state index contributed by atoms with van der Waals surface area (Å²) in [6, 6.07) is 14.7. The van der Waals surface area contributed by atoms with Crippen LogP contribution in [0.2, 0.25) is 5.02 Å². The molecule has 2 rings (SSSR count). The lowest BCUT2D eigenvalue weighted by Gasteiger charge is -2.15. The van der Waals surface area contributed by atoms with Crippen molar-refractivity contribution in [3.63, 3.8) is 0 Å². The molecule has 21 heavy (non-hydrogen) atoms. The second kappa shape index (κ2) is 7.48. The van der Waals surface area contributed by atoms with Crippen molar-refractivity contribution in [3.8, 4) is 5.75 Å². The molecule has 0 aliphatic heterocycles. The second-order valence-electron chi connectivity index (χ2n) is 4.59. The van der Waals surface area contributed by atoms with E-state index in [9.17, 15) is 4.79 Å². The summed E-state index contributed by atoms with van der Waals surface area (Å²) in [5.41, 5.74) is 0.996. The third kappa shape index (κ3) is 5.06. The van der Waals surface area contributed by atoms with E-state index in [1.807, 2.05) is 37.3 Å². The minimum atomic E-state index is -0.169. The van der Waals surface area contributed by atoms with Gasteiger partial charge in [-0.25, -0.2) is 0 Å². The van der Waals surface area contributed by atoms with E-state index in [0.29, 0.717) is 10.8 Å². The van der Waals surface area contributed by atoms with Crippen LogP contribution >= 0.6 is 27.5 Å². The molecule has 0 aromatic heterocycles. The van der Waals surface area contributed by atoms with Gasteiger partial charge in [-0.2, -0.15) is 0 Å². The van der Waals surface area contributed by atoms with E-state index < -0.39 is 0 Å². The van der Waals surface area contributed by atoms with Crippen LogP contribution in [0.15, 0.2) is 53.0 Å². The van der Waals surface area contributed by atoms with Gasteiger partial charge in [-0.05, 0) is 42.8 Å². The number of carbonyl (C=O) groups is 1. The summed E-state index contributed by atoms with van der Waals surface area (Å²) in [4.78, 5) is 11.9. The van der Waals surface area contributed by atoms with Crippen LogP contribution in [0.25, 0.3) is 0 Å². The second-order valence-corrected chi connectivity index (χ2v) is 5.94. The largest absolute Gasteiger partial charge is 0.484 e. The fourth-order valence-corrected chi connectivity index (χ4v) is 2.33. The molecule has 3 nitrogen and oxygen atoms in total. The Kier molecular flexibility index (Phi) is 5.65. The first-order valence-corrected chi connectivity index (χ1v) is 7.65. The monoisotopic (exact) mass is 367 g/mol. The van der Waals surface area contributed by atoms with Crippen molar-refractivity contribution < 1.29 is 9.53 Å². The fourth-order valence-electron chi connectivity index (χ4n) is 1.82. The zero-order valence-electron chi connectivity index (χ0n) is 11.5. The minimum absolute atomic E-state index is 0.0195. The zero-order chi connectivity index (χ0) is 15.2. The number of rotatable bonds is 5. The summed E-state index contributed by atoms with van der Waals surface area (Å²) in [5.74, 6) is 0.482. The predicted octanol–water partition coefficient (Wildman–Crippen LogP) is 4.36. The normalized spacial score (nSPS) is 11.8. The zero-order valence-corrected chi connectivity index (χ0v) is 13.8. The van der Waals surface area contributed by atoms with Crippen LogP contribution < -0.4 is 10.1 Å². The van der Waals surface area contributed by atoms with Crippen LogP contribution in [-0.4, -0.2) is 12.5 Å². The third-order valence-electron chi connectivity index (χ3n) is 2.91. The summed E-state index contributed by atoms with van der Waals surface area (Å²) >= 11 is 9.20. The van der Waals surface area contributed by atoms with Crippen LogP contribution in [0.1, 0.15) is 18.5 Å². The average molecular weight is 369 g/mol. The first kappa shape index (κ1) is 15.9. The molecule has 1 unspecified atom stereocenters. The summed E-state index contributed by atoms with van der Waals surface area (Å²) in [6.07, 6.45) is 0. The highest BCUT2D eigenvalue weighted by atomic mass is 79.9. The summed E-state index contributed by atoms with van der Waals surface area (Å²) < 4.78 is 6.35. The molecule has 2 aromatic rings. The number of ether oxygens (including phenoxy) is 1. The molecule has 0 heterocycles. The Morgan fingerprint density at radius 2 is 2.00 bits per heavy atom. The Bertz CT molecular complexity index is 616. The van der Waals surface area contributed by atoms with Crippen LogP contribution in [0.5, 0.6) is 5.75 Å². The van der Waals surface area contributed by atoms with E-state index in [4.69, 9.17) is 16.3 Å². The lowest BCUT2D eigenvalue weighted by molar-refractivity contribution is -0.123. The van der Waals surface area contributed by atoms with E-state index in [-0.39, 0.29) is 18.6 Å². The van der Waals surface area contributed by atoms with Gasteiger partial charge in [-0.1, -0.05) is 45.7 Å². The molecule has 0 bridgehead atoms. The van der Waals surface area contributed by atoms with Crippen molar-refractivity contribution in [1.82, 2.24) is 5.32 Å². The van der Waals surface area contributed by atoms with Crippen molar-refractivity contribution >= 4 is 33.4 Å². The number of hydrogen-bond acceptors (Lipinski definition) is 2. The van der Waals surface area contributed by atoms with Gasteiger partial charge < -0.3 is 10.1 Å². The highest BCUT2D eigenvalue weighted by Gasteiger charge is 2.10. The smallest absolute Gasteiger partial charge is 0.258 e. The Balaban J connectivity index is 1.85. The van der Waals surface area contributed by atoms with Crippen molar-refractivity contribution in [2.24, 2.45) is 0 Å². The van der Waals surface area contributed by atoms with Gasteiger partial charge >= 0.3 is 0 Å². The van der Waals surface area contributed by atoms with E-state index in [1.165, 1.54) is 0 Å². The Morgan fingerprint density at radius 1 is 1.29 bits per heavy atom. The van der Waals surface area contributed by atoms with E-state index >= 15 is 0 Å². The molecular weight excluding hydrogens is 354 g/mol. The number of hydrogen-bond donors (Lipinski definition) is 1. The van der Waals surface area contributed by atoms with Crippen molar-refractivity contribution in [2.45, 2.75) is 13.0 Å². The van der Waals surface area contributed by atoms with Crippen LogP contribution in [-0.2, 0) is 4.79 Å². The highest BCUT2D eigenvalue weighted by Crippen LogP contribution is 2.18. The first-order chi connectivity index (χ1) is 10.0. The maximum atomic E-state index is 11.9. The number of nitrogens with one attached hydrogen (secondary N) is 1. The van der Waals surface area contributed by atoms with Gasteiger partial charge in [0, 0.05) is 9.50 Å². The molecule has 110 valence electrons. The van der Waals surface area contributed by atoms with Gasteiger partial charge in [-0.15, -0.1) is 0 Å².